The van der Waals surface area contributed by atoms with Crippen LogP contribution in [0.25, 0.3) is 11.1 Å². The van der Waals surface area contributed by atoms with Gasteiger partial charge in [-0.1, -0.05) is 43.5 Å². The molecule has 0 aliphatic heterocycles. The van der Waals surface area contributed by atoms with Gasteiger partial charge in [0.05, 0.1) is 11.6 Å². The second kappa shape index (κ2) is 8.78. The summed E-state index contributed by atoms with van der Waals surface area (Å²) in [6.07, 6.45) is 3.10. The predicted octanol–water partition coefficient (Wildman–Crippen LogP) is 3.95. The van der Waals surface area contributed by atoms with E-state index in [0.29, 0.717) is 18.4 Å². The Morgan fingerprint density at radius 2 is 1.59 bits per heavy atom. The van der Waals surface area contributed by atoms with E-state index in [1.165, 1.54) is 6.92 Å². The quantitative estimate of drug-likeness (QED) is 0.751. The zero-order chi connectivity index (χ0) is 20.9. The van der Waals surface area contributed by atoms with Gasteiger partial charge in [0, 0.05) is 0 Å². The SMILES string of the molecule is C[C@H](OC(=O)c1ccc(-c2ccc(O)cc2)cc1)C(=O)NC1(C#N)CCCCC1. The van der Waals surface area contributed by atoms with Crippen LogP contribution in [0.3, 0.4) is 0 Å². The Kier molecular flexibility index (Phi) is 6.18. The van der Waals surface area contributed by atoms with E-state index < -0.39 is 23.5 Å². The van der Waals surface area contributed by atoms with Crippen molar-refractivity contribution in [1.82, 2.24) is 5.32 Å². The van der Waals surface area contributed by atoms with E-state index in [4.69, 9.17) is 4.74 Å². The van der Waals surface area contributed by atoms with E-state index >= 15 is 0 Å². The second-order valence-corrected chi connectivity index (χ2v) is 7.42. The lowest BCUT2D eigenvalue weighted by Crippen LogP contribution is -2.52. The number of phenolic OH excluding ortho intramolecular Hbond substituents is 1. The van der Waals surface area contributed by atoms with E-state index in [1.54, 1.807) is 48.5 Å². The molecule has 150 valence electrons. The Morgan fingerprint density at radius 1 is 1.03 bits per heavy atom. The normalized spacial score (nSPS) is 16.3. The summed E-state index contributed by atoms with van der Waals surface area (Å²) in [5.41, 5.74) is 1.27. The molecular formula is C23H24N2O4. The van der Waals surface area contributed by atoms with Crippen LogP contribution in [0, 0.1) is 11.3 Å². The first-order chi connectivity index (χ1) is 13.9. The van der Waals surface area contributed by atoms with Crippen LogP contribution in [0.5, 0.6) is 5.75 Å². The summed E-state index contributed by atoms with van der Waals surface area (Å²) in [5, 5.41) is 21.6. The molecule has 0 unspecified atom stereocenters. The number of carbonyl (C=O) groups excluding carboxylic acids is 2. The number of nitrogens with zero attached hydrogens (tertiary/aromatic N) is 1. The van der Waals surface area contributed by atoms with Crippen LogP contribution in [0.4, 0.5) is 0 Å². The zero-order valence-electron chi connectivity index (χ0n) is 16.4. The third-order valence-corrected chi connectivity index (χ3v) is 5.26. The number of hydrogen-bond acceptors (Lipinski definition) is 5. The number of hydrogen-bond donors (Lipinski definition) is 2. The number of nitrogens with one attached hydrogen (secondary N) is 1. The minimum Gasteiger partial charge on any atom is -0.508 e. The van der Waals surface area contributed by atoms with Gasteiger partial charge in [0.25, 0.3) is 5.91 Å². The molecule has 29 heavy (non-hydrogen) atoms. The molecule has 1 aliphatic rings. The standard InChI is InChI=1S/C23H24N2O4/c1-16(21(27)25-23(15-24)13-3-2-4-14-23)29-22(28)19-7-5-17(6-8-19)18-9-11-20(26)12-10-18/h5-12,16,26H,2-4,13-14H2,1H3,(H,25,27)/t16-/m0/s1. The van der Waals surface area contributed by atoms with Crippen molar-refractivity contribution in [2.45, 2.75) is 50.7 Å². The number of phenols is 1. The van der Waals surface area contributed by atoms with Crippen LogP contribution < -0.4 is 5.32 Å². The van der Waals surface area contributed by atoms with Gasteiger partial charge in [-0.25, -0.2) is 4.79 Å². The van der Waals surface area contributed by atoms with Gasteiger partial charge in [-0.05, 0) is 55.2 Å². The summed E-state index contributed by atoms with van der Waals surface area (Å²) >= 11 is 0. The van der Waals surface area contributed by atoms with Gasteiger partial charge in [0.2, 0.25) is 0 Å². The molecule has 6 nitrogen and oxygen atoms in total. The number of nitriles is 1. The fraction of sp³-hybridized carbons (Fsp3) is 0.348. The molecule has 2 aromatic rings. The molecule has 1 amide bonds. The van der Waals surface area contributed by atoms with Gasteiger partial charge in [0.15, 0.2) is 6.10 Å². The maximum Gasteiger partial charge on any atom is 0.338 e. The molecule has 0 aromatic heterocycles. The summed E-state index contributed by atoms with van der Waals surface area (Å²) in [7, 11) is 0. The molecule has 0 bridgehead atoms. The minimum atomic E-state index is -0.994. The van der Waals surface area contributed by atoms with Crippen molar-refractivity contribution in [3.8, 4) is 22.9 Å². The molecule has 0 radical (unpaired) electrons. The molecule has 2 aromatic carbocycles. The van der Waals surface area contributed by atoms with Crippen LogP contribution >= 0.6 is 0 Å². The lowest BCUT2D eigenvalue weighted by atomic mass is 9.83. The number of ether oxygens (including phenoxy) is 1. The highest BCUT2D eigenvalue weighted by molar-refractivity contribution is 5.93. The molecule has 1 fully saturated rings. The molecule has 3 rings (SSSR count). The molecule has 2 N–H and O–H groups in total. The molecule has 0 saturated heterocycles. The summed E-state index contributed by atoms with van der Waals surface area (Å²) in [4.78, 5) is 24.8. The van der Waals surface area contributed by atoms with Crippen molar-refractivity contribution in [1.29, 1.82) is 5.26 Å². The number of rotatable bonds is 5. The van der Waals surface area contributed by atoms with E-state index in [0.717, 1.165) is 30.4 Å². The van der Waals surface area contributed by atoms with Crippen LogP contribution in [0.1, 0.15) is 49.4 Å². The first kappa shape index (κ1) is 20.4. The fourth-order valence-electron chi connectivity index (χ4n) is 3.49. The Balaban J connectivity index is 1.61. The van der Waals surface area contributed by atoms with E-state index in [-0.39, 0.29) is 5.75 Å². The van der Waals surface area contributed by atoms with Crippen molar-refractivity contribution in [2.75, 3.05) is 0 Å². The van der Waals surface area contributed by atoms with Gasteiger partial charge in [-0.3, -0.25) is 4.79 Å². The maximum absolute atomic E-state index is 12.4. The average Bonchev–Trinajstić information content (AvgIpc) is 2.75. The zero-order valence-corrected chi connectivity index (χ0v) is 16.4. The molecular weight excluding hydrogens is 368 g/mol. The minimum absolute atomic E-state index is 0.188. The number of aromatic hydroxyl groups is 1. The predicted molar refractivity (Wildman–Crippen MR) is 108 cm³/mol. The highest BCUT2D eigenvalue weighted by Crippen LogP contribution is 2.28. The van der Waals surface area contributed by atoms with Gasteiger partial charge < -0.3 is 15.2 Å². The molecule has 1 saturated carbocycles. The summed E-state index contributed by atoms with van der Waals surface area (Å²) < 4.78 is 5.30. The highest BCUT2D eigenvalue weighted by Gasteiger charge is 2.35. The summed E-state index contributed by atoms with van der Waals surface area (Å²) in [5.74, 6) is -0.866. The van der Waals surface area contributed by atoms with E-state index in [1.807, 2.05) is 0 Å². The molecule has 6 heteroatoms. The van der Waals surface area contributed by atoms with Crippen LogP contribution in [-0.2, 0) is 9.53 Å². The maximum atomic E-state index is 12.4. The first-order valence-electron chi connectivity index (χ1n) is 9.76. The van der Waals surface area contributed by atoms with Gasteiger partial charge >= 0.3 is 5.97 Å². The Labute approximate surface area is 170 Å². The Hall–Kier alpha value is -3.33. The lowest BCUT2D eigenvalue weighted by Gasteiger charge is -2.32. The number of esters is 1. The third kappa shape index (κ3) is 4.94. The number of benzene rings is 2. The van der Waals surface area contributed by atoms with Crippen molar-refractivity contribution in [2.24, 2.45) is 0 Å². The van der Waals surface area contributed by atoms with Gasteiger partial charge in [-0.2, -0.15) is 5.26 Å². The first-order valence-corrected chi connectivity index (χ1v) is 9.76. The van der Waals surface area contributed by atoms with E-state index in [2.05, 4.69) is 11.4 Å². The molecule has 1 aliphatic carbocycles. The van der Waals surface area contributed by atoms with Gasteiger partial charge in [-0.15, -0.1) is 0 Å². The van der Waals surface area contributed by atoms with Crippen LogP contribution in [0.2, 0.25) is 0 Å². The Bertz CT molecular complexity index is 907. The van der Waals surface area contributed by atoms with Crippen LogP contribution in [0.15, 0.2) is 48.5 Å². The summed E-state index contributed by atoms with van der Waals surface area (Å²) in [6, 6.07) is 15.8. The number of carbonyl (C=O) groups is 2. The van der Waals surface area contributed by atoms with Crippen molar-refractivity contribution >= 4 is 11.9 Å². The molecule has 0 heterocycles. The van der Waals surface area contributed by atoms with Crippen LogP contribution in [-0.4, -0.2) is 28.6 Å². The molecule has 0 spiro atoms. The van der Waals surface area contributed by atoms with E-state index in [9.17, 15) is 20.0 Å². The lowest BCUT2D eigenvalue weighted by molar-refractivity contribution is -0.130. The Morgan fingerprint density at radius 3 is 2.14 bits per heavy atom. The molecule has 1 atom stereocenters. The summed E-state index contributed by atoms with van der Waals surface area (Å²) in [6.45, 7) is 1.51. The monoisotopic (exact) mass is 392 g/mol. The number of amides is 1. The second-order valence-electron chi connectivity index (χ2n) is 7.42. The largest absolute Gasteiger partial charge is 0.508 e. The highest BCUT2D eigenvalue weighted by atomic mass is 16.5. The van der Waals surface area contributed by atoms with Gasteiger partial charge in [0.1, 0.15) is 11.3 Å². The fourth-order valence-corrected chi connectivity index (χ4v) is 3.49. The average molecular weight is 392 g/mol. The van der Waals surface area contributed by atoms with Crippen molar-refractivity contribution < 1.29 is 19.4 Å². The topological polar surface area (TPSA) is 99.4 Å². The van der Waals surface area contributed by atoms with Crippen molar-refractivity contribution in [3.05, 3.63) is 54.1 Å². The van der Waals surface area contributed by atoms with Crippen molar-refractivity contribution in [3.63, 3.8) is 0 Å². The third-order valence-electron chi connectivity index (χ3n) is 5.26. The smallest absolute Gasteiger partial charge is 0.338 e.